The van der Waals surface area contributed by atoms with Crippen molar-refractivity contribution in [2.75, 3.05) is 0 Å². The Morgan fingerprint density at radius 3 is 2.56 bits per heavy atom. The number of hydrogen-bond donors (Lipinski definition) is 1. The minimum atomic E-state index is -2.96. The van der Waals surface area contributed by atoms with E-state index in [0.717, 1.165) is 11.6 Å². The molecule has 0 fully saturated rings. The number of nitrogens with zero attached hydrogens (tertiary/aromatic N) is 2. The summed E-state index contributed by atoms with van der Waals surface area (Å²) in [4.78, 5) is 11.9. The highest BCUT2D eigenvalue weighted by Gasteiger charge is 2.24. The lowest BCUT2D eigenvalue weighted by molar-refractivity contribution is 0.0175. The molecule has 1 N–H and O–H groups in total. The van der Waals surface area contributed by atoms with Crippen LogP contribution in [-0.2, 0) is 12.5 Å². The summed E-state index contributed by atoms with van der Waals surface area (Å²) in [6.07, 6.45) is 0. The number of rotatable bonds is 4. The quantitative estimate of drug-likeness (QED) is 0.757. The summed E-state index contributed by atoms with van der Waals surface area (Å²) < 4.78 is 32.6. The molecule has 3 aromatic rings. The van der Waals surface area contributed by atoms with Crippen molar-refractivity contribution >= 4 is 11.6 Å². The second-order valence-electron chi connectivity index (χ2n) is 5.57. The number of phenolic OH excluding ortho intramolecular Hbond substituents is 1. The lowest BCUT2D eigenvalue weighted by Gasteiger charge is -2.09. The highest BCUT2D eigenvalue weighted by Crippen LogP contribution is 2.28. The smallest absolute Gasteiger partial charge is 0.437 e. The molecule has 0 spiro atoms. The van der Waals surface area contributed by atoms with E-state index in [0.29, 0.717) is 16.1 Å². The first-order valence-corrected chi connectivity index (χ1v) is 7.66. The molecular weight excluding hydrogens is 354 g/mol. The van der Waals surface area contributed by atoms with Crippen molar-refractivity contribution in [3.05, 3.63) is 69.2 Å². The second kappa shape index (κ2) is 6.33. The van der Waals surface area contributed by atoms with E-state index in [9.17, 15) is 18.7 Å². The molecule has 0 saturated heterocycles. The van der Waals surface area contributed by atoms with Gasteiger partial charge in [0.2, 0.25) is 5.89 Å². The molecule has 130 valence electrons. The van der Waals surface area contributed by atoms with Crippen molar-refractivity contribution in [1.82, 2.24) is 9.78 Å². The highest BCUT2D eigenvalue weighted by atomic mass is 35.5. The van der Waals surface area contributed by atoms with E-state index in [-0.39, 0.29) is 23.7 Å². The van der Waals surface area contributed by atoms with E-state index in [1.54, 1.807) is 0 Å². The van der Waals surface area contributed by atoms with Gasteiger partial charge < -0.3 is 9.52 Å². The largest absolute Gasteiger partial charge is 0.508 e. The van der Waals surface area contributed by atoms with Gasteiger partial charge in [-0.25, -0.2) is 13.6 Å². The third-order valence-corrected chi connectivity index (χ3v) is 3.84. The fourth-order valence-corrected chi connectivity index (χ4v) is 2.47. The van der Waals surface area contributed by atoms with E-state index in [2.05, 4.69) is 5.10 Å². The van der Waals surface area contributed by atoms with Gasteiger partial charge in [0.25, 0.3) is 5.92 Å². The normalized spacial score (nSPS) is 11.7. The molecule has 0 unspecified atom stereocenters. The van der Waals surface area contributed by atoms with Crippen LogP contribution < -0.4 is 5.76 Å². The van der Waals surface area contributed by atoms with Crippen molar-refractivity contribution in [2.45, 2.75) is 19.4 Å². The number of halogens is 3. The average molecular weight is 367 g/mol. The molecule has 0 atom stereocenters. The third-order valence-electron chi connectivity index (χ3n) is 3.61. The Labute approximate surface area is 146 Å². The van der Waals surface area contributed by atoms with Crippen LogP contribution in [0.15, 0.2) is 51.7 Å². The molecule has 1 heterocycles. The molecule has 0 radical (unpaired) electrons. The van der Waals surface area contributed by atoms with Gasteiger partial charge in [0.15, 0.2) is 0 Å². The van der Waals surface area contributed by atoms with E-state index < -0.39 is 11.7 Å². The van der Waals surface area contributed by atoms with Gasteiger partial charge in [-0.05, 0) is 30.3 Å². The van der Waals surface area contributed by atoms with Gasteiger partial charge in [0.1, 0.15) is 5.75 Å². The van der Waals surface area contributed by atoms with Gasteiger partial charge >= 0.3 is 5.76 Å². The van der Waals surface area contributed by atoms with Crippen LogP contribution in [-0.4, -0.2) is 14.9 Å². The lowest BCUT2D eigenvalue weighted by Crippen LogP contribution is -2.16. The molecule has 3 rings (SSSR count). The maximum atomic E-state index is 13.2. The van der Waals surface area contributed by atoms with Gasteiger partial charge in [0, 0.05) is 28.6 Å². The average Bonchev–Trinajstić information content (AvgIpc) is 2.91. The van der Waals surface area contributed by atoms with Gasteiger partial charge in [-0.1, -0.05) is 23.7 Å². The van der Waals surface area contributed by atoms with Crippen LogP contribution >= 0.6 is 11.6 Å². The molecule has 0 saturated carbocycles. The number of alkyl halides is 2. The fraction of sp³-hybridized carbons (Fsp3) is 0.176. The number of aromatic hydroxyl groups is 1. The summed E-state index contributed by atoms with van der Waals surface area (Å²) in [6.45, 7) is 0.758. The topological polar surface area (TPSA) is 68.3 Å². The van der Waals surface area contributed by atoms with E-state index in [4.69, 9.17) is 16.0 Å². The zero-order valence-corrected chi connectivity index (χ0v) is 13.8. The van der Waals surface area contributed by atoms with Crippen LogP contribution in [0.25, 0.3) is 11.5 Å². The maximum Gasteiger partial charge on any atom is 0.437 e. The van der Waals surface area contributed by atoms with Gasteiger partial charge in [0.05, 0.1) is 6.54 Å². The molecule has 1 aromatic heterocycles. The van der Waals surface area contributed by atoms with Crippen molar-refractivity contribution in [1.29, 1.82) is 0 Å². The van der Waals surface area contributed by atoms with Crippen molar-refractivity contribution in [3.63, 3.8) is 0 Å². The minimum absolute atomic E-state index is 0.00233. The van der Waals surface area contributed by atoms with E-state index in [1.165, 1.54) is 42.5 Å². The Kier molecular flexibility index (Phi) is 4.34. The summed E-state index contributed by atoms with van der Waals surface area (Å²) >= 11 is 5.87. The zero-order chi connectivity index (χ0) is 18.2. The Morgan fingerprint density at radius 2 is 1.92 bits per heavy atom. The van der Waals surface area contributed by atoms with E-state index in [1.807, 2.05) is 0 Å². The summed E-state index contributed by atoms with van der Waals surface area (Å²) in [5, 5.41) is 14.3. The van der Waals surface area contributed by atoms with Gasteiger partial charge in [-0.15, -0.1) is 5.10 Å². The number of aromatic nitrogens is 2. The molecule has 0 aliphatic carbocycles. The first-order chi connectivity index (χ1) is 11.7. The first-order valence-electron chi connectivity index (χ1n) is 7.28. The Balaban J connectivity index is 1.90. The summed E-state index contributed by atoms with van der Waals surface area (Å²) in [5.74, 6) is -3.73. The van der Waals surface area contributed by atoms with Crippen LogP contribution in [0.4, 0.5) is 8.78 Å². The molecule has 8 heteroatoms. The maximum absolute atomic E-state index is 13.2. The zero-order valence-electron chi connectivity index (χ0n) is 13.0. The molecule has 0 amide bonds. The van der Waals surface area contributed by atoms with Crippen molar-refractivity contribution < 1.29 is 18.3 Å². The van der Waals surface area contributed by atoms with Crippen LogP contribution in [0.1, 0.15) is 18.1 Å². The number of hydrogen-bond acceptors (Lipinski definition) is 4. The SMILES string of the molecule is CC(F)(F)c1ccc(-c2nn(Cc3cc(Cl)ccc3O)c(=O)o2)cc1. The Bertz CT molecular complexity index is 959. The molecule has 25 heavy (non-hydrogen) atoms. The van der Waals surface area contributed by atoms with Gasteiger partial charge in [-0.3, -0.25) is 0 Å². The lowest BCUT2D eigenvalue weighted by atomic mass is 10.1. The van der Waals surface area contributed by atoms with Crippen LogP contribution in [0.2, 0.25) is 5.02 Å². The summed E-state index contributed by atoms with van der Waals surface area (Å²) in [7, 11) is 0. The number of benzene rings is 2. The van der Waals surface area contributed by atoms with Gasteiger partial charge in [-0.2, -0.15) is 4.68 Å². The molecular formula is C17H13ClF2N2O3. The third kappa shape index (κ3) is 3.71. The van der Waals surface area contributed by atoms with Crippen molar-refractivity contribution in [3.8, 4) is 17.2 Å². The monoisotopic (exact) mass is 366 g/mol. The Hall–Kier alpha value is -2.67. The molecule has 5 nitrogen and oxygen atoms in total. The molecule has 0 aliphatic heterocycles. The standard InChI is InChI=1S/C17H13ClF2N2O3/c1-17(19,20)12-4-2-10(3-5-12)15-21-22(16(24)25-15)9-11-8-13(18)6-7-14(11)23/h2-8,23H,9H2,1H3. The highest BCUT2D eigenvalue weighted by molar-refractivity contribution is 6.30. The van der Waals surface area contributed by atoms with Crippen LogP contribution in [0, 0.1) is 0 Å². The number of phenols is 1. The minimum Gasteiger partial charge on any atom is -0.508 e. The fourth-order valence-electron chi connectivity index (χ4n) is 2.27. The second-order valence-corrected chi connectivity index (χ2v) is 6.01. The molecule has 2 aromatic carbocycles. The Morgan fingerprint density at radius 1 is 1.24 bits per heavy atom. The van der Waals surface area contributed by atoms with E-state index >= 15 is 0 Å². The predicted octanol–water partition coefficient (Wildman–Crippen LogP) is 4.02. The van der Waals surface area contributed by atoms with Crippen molar-refractivity contribution in [2.24, 2.45) is 0 Å². The molecule has 0 aliphatic rings. The first kappa shape index (κ1) is 17.2. The molecule has 0 bridgehead atoms. The van der Waals surface area contributed by atoms with Crippen LogP contribution in [0.3, 0.4) is 0 Å². The summed E-state index contributed by atoms with van der Waals surface area (Å²) in [5.41, 5.74) is 0.636. The van der Waals surface area contributed by atoms with Crippen LogP contribution in [0.5, 0.6) is 5.75 Å². The summed E-state index contributed by atoms with van der Waals surface area (Å²) in [6, 6.07) is 9.73. The predicted molar refractivity (Wildman–Crippen MR) is 88.0 cm³/mol.